The summed E-state index contributed by atoms with van der Waals surface area (Å²) in [6.45, 7) is 2.28. The van der Waals surface area contributed by atoms with E-state index in [0.29, 0.717) is 28.5 Å². The Hall–Kier alpha value is -2.05. The average Bonchev–Trinajstić information content (AvgIpc) is 3.37. The smallest absolute Gasteiger partial charge is 0.325 e. The van der Waals surface area contributed by atoms with Crippen LogP contribution in [0.5, 0.6) is 0 Å². The molecule has 2 aromatic heterocycles. The summed E-state index contributed by atoms with van der Waals surface area (Å²) in [7, 11) is -2.42. The van der Waals surface area contributed by atoms with Gasteiger partial charge in [0.05, 0.1) is 27.6 Å². The molecule has 176 valence electrons. The first-order valence-corrected chi connectivity index (χ1v) is 13.6. The van der Waals surface area contributed by atoms with Gasteiger partial charge in [-0.15, -0.1) is 11.3 Å². The van der Waals surface area contributed by atoms with Crippen molar-refractivity contribution >= 4 is 66.4 Å². The zero-order chi connectivity index (χ0) is 23.8. The summed E-state index contributed by atoms with van der Waals surface area (Å²) < 4.78 is 35.2. The van der Waals surface area contributed by atoms with Crippen molar-refractivity contribution in [2.45, 2.75) is 30.5 Å². The molecule has 0 radical (unpaired) electrons. The van der Waals surface area contributed by atoms with Crippen molar-refractivity contribution < 1.29 is 22.7 Å². The number of amides is 1. The van der Waals surface area contributed by atoms with E-state index in [2.05, 4.69) is 4.99 Å². The molecule has 0 aliphatic carbocycles. The van der Waals surface area contributed by atoms with Crippen molar-refractivity contribution in [3.63, 3.8) is 0 Å². The van der Waals surface area contributed by atoms with Crippen LogP contribution >= 0.6 is 34.3 Å². The third-order valence-corrected chi connectivity index (χ3v) is 10.0. The van der Waals surface area contributed by atoms with Gasteiger partial charge in [0.15, 0.2) is 4.80 Å². The number of thiophene rings is 1. The molecule has 33 heavy (non-hydrogen) atoms. The van der Waals surface area contributed by atoms with Gasteiger partial charge in [-0.1, -0.05) is 29.0 Å². The number of rotatable bonds is 5. The molecule has 0 saturated carbocycles. The zero-order valence-electron chi connectivity index (χ0n) is 18.0. The number of benzene rings is 1. The van der Waals surface area contributed by atoms with Crippen molar-refractivity contribution in [3.05, 3.63) is 45.0 Å². The standard InChI is InChI=1S/C21H22ClN3O5S3/c1-13-5-6-15-16(10-13)31-21(25(15)12-18(26)30-2)23-20(27)14-4-3-9-24(11-14)33(28,29)19-8-7-17(22)32-19/h5-8,10,14H,3-4,9,11-12H2,1-2H3. The van der Waals surface area contributed by atoms with Crippen LogP contribution in [0, 0.1) is 12.8 Å². The maximum atomic E-state index is 13.1. The van der Waals surface area contributed by atoms with Gasteiger partial charge in [-0.2, -0.15) is 9.30 Å². The fraction of sp³-hybridized carbons (Fsp3) is 0.381. The lowest BCUT2D eigenvalue weighted by molar-refractivity contribution is -0.141. The Bertz CT molecular complexity index is 1390. The summed E-state index contributed by atoms with van der Waals surface area (Å²) in [6.07, 6.45) is 1.10. The normalized spacial score (nSPS) is 18.0. The maximum Gasteiger partial charge on any atom is 0.325 e. The molecular weight excluding hydrogens is 506 g/mol. The van der Waals surface area contributed by atoms with E-state index >= 15 is 0 Å². The molecule has 0 bridgehead atoms. The number of carbonyl (C=O) groups is 2. The number of methoxy groups -OCH3 is 1. The second-order valence-corrected chi connectivity index (χ2v) is 12.6. The topological polar surface area (TPSA) is 98.0 Å². The zero-order valence-corrected chi connectivity index (χ0v) is 21.2. The van der Waals surface area contributed by atoms with E-state index in [0.717, 1.165) is 27.1 Å². The fourth-order valence-corrected chi connectivity index (χ4v) is 8.02. The number of aryl methyl sites for hydroxylation is 1. The molecule has 12 heteroatoms. The van der Waals surface area contributed by atoms with Crippen LogP contribution in [-0.2, 0) is 30.9 Å². The van der Waals surface area contributed by atoms with Crippen LogP contribution in [0.25, 0.3) is 10.2 Å². The third kappa shape index (κ3) is 5.07. The number of nitrogens with zero attached hydrogens (tertiary/aromatic N) is 3. The molecule has 1 aliphatic rings. The molecule has 8 nitrogen and oxygen atoms in total. The molecule has 1 atom stereocenters. The first-order valence-electron chi connectivity index (χ1n) is 10.2. The van der Waals surface area contributed by atoms with Gasteiger partial charge in [-0.3, -0.25) is 9.59 Å². The molecular formula is C21H22ClN3O5S3. The summed E-state index contributed by atoms with van der Waals surface area (Å²) >= 11 is 8.22. The molecule has 1 aromatic carbocycles. The van der Waals surface area contributed by atoms with Gasteiger partial charge in [-0.25, -0.2) is 8.42 Å². The third-order valence-electron chi connectivity index (χ3n) is 5.44. The lowest BCUT2D eigenvalue weighted by Crippen LogP contribution is -2.42. The van der Waals surface area contributed by atoms with E-state index in [1.165, 1.54) is 28.8 Å². The van der Waals surface area contributed by atoms with Crippen molar-refractivity contribution in [2.75, 3.05) is 20.2 Å². The number of aromatic nitrogens is 1. The van der Waals surface area contributed by atoms with Crippen LogP contribution < -0.4 is 4.80 Å². The highest BCUT2D eigenvalue weighted by atomic mass is 35.5. The Balaban J connectivity index is 1.65. The van der Waals surface area contributed by atoms with Crippen molar-refractivity contribution in [1.29, 1.82) is 0 Å². The number of sulfonamides is 1. The number of piperidine rings is 1. The van der Waals surface area contributed by atoms with Crippen LogP contribution in [0.15, 0.2) is 39.5 Å². The summed E-state index contributed by atoms with van der Waals surface area (Å²) in [5.74, 6) is -1.42. The van der Waals surface area contributed by atoms with Crippen LogP contribution in [0.3, 0.4) is 0 Å². The molecule has 1 aliphatic heterocycles. The number of esters is 1. The lowest BCUT2D eigenvalue weighted by atomic mass is 9.99. The van der Waals surface area contributed by atoms with Crippen LogP contribution in [0.1, 0.15) is 18.4 Å². The molecule has 0 spiro atoms. The van der Waals surface area contributed by atoms with Crippen LogP contribution in [-0.4, -0.2) is 49.4 Å². The Morgan fingerprint density at radius 3 is 2.73 bits per heavy atom. The monoisotopic (exact) mass is 527 g/mol. The second-order valence-electron chi connectivity index (χ2n) is 7.73. The van der Waals surface area contributed by atoms with Crippen molar-refractivity contribution in [3.8, 4) is 0 Å². The van der Waals surface area contributed by atoms with Gasteiger partial charge < -0.3 is 9.30 Å². The maximum absolute atomic E-state index is 13.1. The molecule has 3 aromatic rings. The summed E-state index contributed by atoms with van der Waals surface area (Å²) in [4.78, 5) is 29.8. The number of halogens is 1. The minimum absolute atomic E-state index is 0.0567. The largest absolute Gasteiger partial charge is 0.468 e. The van der Waals surface area contributed by atoms with Gasteiger partial charge in [0.2, 0.25) is 0 Å². The van der Waals surface area contributed by atoms with E-state index in [-0.39, 0.29) is 17.3 Å². The van der Waals surface area contributed by atoms with Crippen molar-refractivity contribution in [1.82, 2.24) is 8.87 Å². The first kappa shape index (κ1) is 24.1. The summed E-state index contributed by atoms with van der Waals surface area (Å²) in [5, 5.41) is 0. The number of fused-ring (bicyclic) bond motifs is 1. The van der Waals surface area contributed by atoms with Gasteiger partial charge in [-0.05, 0) is 49.6 Å². The summed E-state index contributed by atoms with van der Waals surface area (Å²) in [6, 6.07) is 8.81. The van der Waals surface area contributed by atoms with E-state index in [9.17, 15) is 18.0 Å². The molecule has 0 N–H and O–H groups in total. The Morgan fingerprint density at radius 2 is 2.03 bits per heavy atom. The highest BCUT2D eigenvalue weighted by Crippen LogP contribution is 2.31. The molecule has 1 saturated heterocycles. The van der Waals surface area contributed by atoms with Gasteiger partial charge in [0.25, 0.3) is 15.9 Å². The minimum atomic E-state index is -3.72. The van der Waals surface area contributed by atoms with E-state index in [1.807, 2.05) is 25.1 Å². The van der Waals surface area contributed by atoms with Gasteiger partial charge in [0, 0.05) is 13.1 Å². The number of carbonyl (C=O) groups excluding carboxylic acids is 2. The van der Waals surface area contributed by atoms with E-state index in [4.69, 9.17) is 16.3 Å². The Kier molecular flexibility index (Phi) is 7.06. The lowest BCUT2D eigenvalue weighted by Gasteiger charge is -2.29. The van der Waals surface area contributed by atoms with Gasteiger partial charge in [0.1, 0.15) is 10.8 Å². The Labute approximate surface area is 204 Å². The van der Waals surface area contributed by atoms with Crippen LogP contribution in [0.2, 0.25) is 4.34 Å². The number of ether oxygens (including phenoxy) is 1. The van der Waals surface area contributed by atoms with Crippen molar-refractivity contribution in [2.24, 2.45) is 10.9 Å². The quantitative estimate of drug-likeness (QED) is 0.473. The SMILES string of the molecule is COC(=O)Cn1c(=NC(=O)C2CCCN(S(=O)(=O)c3ccc(Cl)s3)C2)sc2cc(C)ccc21. The van der Waals surface area contributed by atoms with Crippen LogP contribution in [0.4, 0.5) is 0 Å². The summed E-state index contributed by atoms with van der Waals surface area (Å²) in [5.41, 5.74) is 1.83. The fourth-order valence-electron chi connectivity index (χ4n) is 3.72. The number of hydrogen-bond acceptors (Lipinski definition) is 7. The number of hydrogen-bond donors (Lipinski definition) is 0. The van der Waals surface area contributed by atoms with E-state index in [1.54, 1.807) is 10.6 Å². The van der Waals surface area contributed by atoms with Gasteiger partial charge >= 0.3 is 5.97 Å². The van der Waals surface area contributed by atoms with E-state index < -0.39 is 27.8 Å². The highest BCUT2D eigenvalue weighted by Gasteiger charge is 2.34. The predicted molar refractivity (Wildman–Crippen MR) is 128 cm³/mol. The molecule has 1 fully saturated rings. The number of thiazole rings is 1. The predicted octanol–water partition coefficient (Wildman–Crippen LogP) is 3.43. The first-order chi connectivity index (χ1) is 15.7. The molecule has 1 amide bonds. The second kappa shape index (κ2) is 9.67. The highest BCUT2D eigenvalue weighted by molar-refractivity contribution is 7.91. The average molecular weight is 528 g/mol. The molecule has 3 heterocycles. The minimum Gasteiger partial charge on any atom is -0.468 e. The molecule has 1 unspecified atom stereocenters. The molecule has 4 rings (SSSR count). The Morgan fingerprint density at radius 1 is 1.24 bits per heavy atom.